The van der Waals surface area contributed by atoms with Crippen molar-refractivity contribution in [3.63, 3.8) is 0 Å². The molecule has 1 heterocycles. The molecule has 2 aromatic carbocycles. The zero-order chi connectivity index (χ0) is 17.8. The Labute approximate surface area is 153 Å². The van der Waals surface area contributed by atoms with Gasteiger partial charge in [0.15, 0.2) is 6.10 Å². The molecule has 1 unspecified atom stereocenters. The zero-order valence-corrected chi connectivity index (χ0v) is 15.3. The molecule has 132 valence electrons. The molecule has 5 heteroatoms. The van der Waals surface area contributed by atoms with Crippen molar-refractivity contribution in [1.82, 2.24) is 0 Å². The number of carbonyl (C=O) groups is 1. The van der Waals surface area contributed by atoms with E-state index in [9.17, 15) is 4.79 Å². The third-order valence-electron chi connectivity index (χ3n) is 4.42. The summed E-state index contributed by atoms with van der Waals surface area (Å²) >= 11 is 6.07. The van der Waals surface area contributed by atoms with Crippen LogP contribution in [0.15, 0.2) is 42.5 Å². The van der Waals surface area contributed by atoms with E-state index in [1.165, 1.54) is 24.1 Å². The van der Waals surface area contributed by atoms with Crippen LogP contribution < -0.4 is 15.0 Å². The predicted molar refractivity (Wildman–Crippen MR) is 103 cm³/mol. The first-order valence-corrected chi connectivity index (χ1v) is 9.00. The van der Waals surface area contributed by atoms with Gasteiger partial charge in [-0.25, -0.2) is 0 Å². The number of para-hydroxylation sites is 1. The van der Waals surface area contributed by atoms with Gasteiger partial charge in [0.05, 0.1) is 5.02 Å². The van der Waals surface area contributed by atoms with Crippen LogP contribution in [-0.4, -0.2) is 25.1 Å². The number of ether oxygens (including phenoxy) is 1. The van der Waals surface area contributed by atoms with Crippen molar-refractivity contribution in [3.8, 4) is 5.75 Å². The Hall–Kier alpha value is -2.20. The van der Waals surface area contributed by atoms with Gasteiger partial charge >= 0.3 is 0 Å². The van der Waals surface area contributed by atoms with Crippen LogP contribution in [0, 0.1) is 6.92 Å². The summed E-state index contributed by atoms with van der Waals surface area (Å²) in [4.78, 5) is 14.8. The van der Waals surface area contributed by atoms with Crippen LogP contribution in [0.25, 0.3) is 0 Å². The van der Waals surface area contributed by atoms with Gasteiger partial charge in [-0.1, -0.05) is 23.7 Å². The van der Waals surface area contributed by atoms with Crippen molar-refractivity contribution in [2.24, 2.45) is 0 Å². The molecule has 1 atom stereocenters. The molecule has 0 aliphatic carbocycles. The normalized spacial score (nSPS) is 15.1. The Morgan fingerprint density at radius 3 is 2.60 bits per heavy atom. The molecular weight excluding hydrogens is 336 g/mol. The molecule has 1 N–H and O–H groups in total. The molecule has 1 amide bonds. The fourth-order valence-corrected chi connectivity index (χ4v) is 3.25. The second-order valence-electron chi connectivity index (χ2n) is 6.38. The molecule has 3 rings (SSSR count). The third-order valence-corrected chi connectivity index (χ3v) is 4.73. The van der Waals surface area contributed by atoms with Crippen molar-refractivity contribution in [2.75, 3.05) is 23.3 Å². The molecule has 0 bridgehead atoms. The number of halogens is 1. The Morgan fingerprint density at radius 2 is 1.92 bits per heavy atom. The molecule has 0 saturated carbocycles. The van der Waals surface area contributed by atoms with Crippen molar-refractivity contribution in [1.29, 1.82) is 0 Å². The number of anilines is 2. The van der Waals surface area contributed by atoms with E-state index >= 15 is 0 Å². The van der Waals surface area contributed by atoms with E-state index in [0.29, 0.717) is 10.8 Å². The Bertz CT molecular complexity index is 757. The maximum absolute atomic E-state index is 12.4. The molecule has 0 radical (unpaired) electrons. The molecule has 1 saturated heterocycles. The van der Waals surface area contributed by atoms with Crippen LogP contribution >= 0.6 is 11.6 Å². The summed E-state index contributed by atoms with van der Waals surface area (Å²) in [6.45, 7) is 6.00. The number of rotatable bonds is 5. The number of nitrogens with one attached hydrogen (secondary N) is 1. The van der Waals surface area contributed by atoms with Crippen molar-refractivity contribution >= 4 is 28.9 Å². The van der Waals surface area contributed by atoms with Gasteiger partial charge in [0.25, 0.3) is 5.91 Å². The average Bonchev–Trinajstić information content (AvgIpc) is 3.11. The molecule has 2 aromatic rings. The summed E-state index contributed by atoms with van der Waals surface area (Å²) in [6, 6.07) is 13.2. The van der Waals surface area contributed by atoms with Crippen LogP contribution in [0.2, 0.25) is 5.02 Å². The highest BCUT2D eigenvalue weighted by Crippen LogP contribution is 2.27. The minimum atomic E-state index is -0.640. The van der Waals surface area contributed by atoms with Crippen molar-refractivity contribution < 1.29 is 9.53 Å². The number of hydrogen-bond donors (Lipinski definition) is 1. The number of benzene rings is 2. The summed E-state index contributed by atoms with van der Waals surface area (Å²) in [7, 11) is 0. The molecule has 1 aliphatic heterocycles. The maximum atomic E-state index is 12.4. The molecule has 4 nitrogen and oxygen atoms in total. The number of amides is 1. The summed E-state index contributed by atoms with van der Waals surface area (Å²) in [5, 5.41) is 3.41. The van der Waals surface area contributed by atoms with Gasteiger partial charge in [0.1, 0.15) is 5.75 Å². The standard InChI is InChI=1S/C20H23ClN2O2/c1-14-13-16(9-10-18(14)23-11-5-6-12-23)22-20(24)15(2)25-19-8-4-3-7-17(19)21/h3-4,7-10,13,15H,5-6,11-12H2,1-2H3,(H,22,24). The van der Waals surface area contributed by atoms with E-state index in [1.54, 1.807) is 19.1 Å². The molecule has 0 aromatic heterocycles. The van der Waals surface area contributed by atoms with Gasteiger partial charge in [0, 0.05) is 24.5 Å². The van der Waals surface area contributed by atoms with Gasteiger partial charge < -0.3 is 15.0 Å². The largest absolute Gasteiger partial charge is 0.479 e. The predicted octanol–water partition coefficient (Wildman–Crippen LogP) is 4.65. The fourth-order valence-electron chi connectivity index (χ4n) is 3.07. The second kappa shape index (κ2) is 7.79. The number of aryl methyl sites for hydroxylation is 1. The van der Waals surface area contributed by atoms with Gasteiger partial charge in [-0.15, -0.1) is 0 Å². The van der Waals surface area contributed by atoms with Crippen molar-refractivity contribution in [2.45, 2.75) is 32.8 Å². The monoisotopic (exact) mass is 358 g/mol. The summed E-state index contributed by atoms with van der Waals surface area (Å²) in [6.07, 6.45) is 1.85. The molecule has 1 aliphatic rings. The van der Waals surface area contributed by atoms with Crippen LogP contribution in [0.4, 0.5) is 11.4 Å². The fraction of sp³-hybridized carbons (Fsp3) is 0.350. The van der Waals surface area contributed by atoms with Crippen LogP contribution in [0.3, 0.4) is 0 Å². The lowest BCUT2D eigenvalue weighted by atomic mass is 10.1. The zero-order valence-electron chi connectivity index (χ0n) is 14.6. The first-order chi connectivity index (χ1) is 12.0. The molecular formula is C20H23ClN2O2. The second-order valence-corrected chi connectivity index (χ2v) is 6.78. The van der Waals surface area contributed by atoms with Gasteiger partial charge in [-0.3, -0.25) is 4.79 Å². The third kappa shape index (κ3) is 4.26. The van der Waals surface area contributed by atoms with E-state index in [0.717, 1.165) is 18.8 Å². The van der Waals surface area contributed by atoms with E-state index in [1.807, 2.05) is 24.3 Å². The quantitative estimate of drug-likeness (QED) is 0.845. The van der Waals surface area contributed by atoms with E-state index < -0.39 is 6.10 Å². The molecule has 1 fully saturated rings. The lowest BCUT2D eigenvalue weighted by molar-refractivity contribution is -0.122. The lowest BCUT2D eigenvalue weighted by Crippen LogP contribution is -2.30. The van der Waals surface area contributed by atoms with Gasteiger partial charge in [0.2, 0.25) is 0 Å². The Morgan fingerprint density at radius 1 is 1.20 bits per heavy atom. The van der Waals surface area contributed by atoms with E-state index in [2.05, 4.69) is 23.2 Å². The summed E-state index contributed by atoms with van der Waals surface area (Å²) in [5.41, 5.74) is 3.19. The number of carbonyl (C=O) groups excluding carboxylic acids is 1. The van der Waals surface area contributed by atoms with Crippen LogP contribution in [-0.2, 0) is 4.79 Å². The Kier molecular flexibility index (Phi) is 5.49. The van der Waals surface area contributed by atoms with E-state index in [4.69, 9.17) is 16.3 Å². The highest BCUT2D eigenvalue weighted by molar-refractivity contribution is 6.32. The van der Waals surface area contributed by atoms with Crippen LogP contribution in [0.5, 0.6) is 5.75 Å². The van der Waals surface area contributed by atoms with Gasteiger partial charge in [-0.2, -0.15) is 0 Å². The lowest BCUT2D eigenvalue weighted by Gasteiger charge is -2.21. The summed E-state index contributed by atoms with van der Waals surface area (Å²) in [5.74, 6) is 0.306. The molecule has 0 spiro atoms. The SMILES string of the molecule is Cc1cc(NC(=O)C(C)Oc2ccccc2Cl)ccc1N1CCCC1. The van der Waals surface area contributed by atoms with Gasteiger partial charge in [-0.05, 0) is 62.6 Å². The van der Waals surface area contributed by atoms with Crippen LogP contribution in [0.1, 0.15) is 25.3 Å². The highest BCUT2D eigenvalue weighted by atomic mass is 35.5. The smallest absolute Gasteiger partial charge is 0.265 e. The Balaban J connectivity index is 1.64. The first kappa shape index (κ1) is 17.6. The van der Waals surface area contributed by atoms with Crippen molar-refractivity contribution in [3.05, 3.63) is 53.1 Å². The summed E-state index contributed by atoms with van der Waals surface area (Å²) < 4.78 is 5.66. The maximum Gasteiger partial charge on any atom is 0.265 e. The number of nitrogens with zero attached hydrogens (tertiary/aromatic N) is 1. The highest BCUT2D eigenvalue weighted by Gasteiger charge is 2.18. The first-order valence-electron chi connectivity index (χ1n) is 8.62. The minimum Gasteiger partial charge on any atom is -0.479 e. The average molecular weight is 359 g/mol. The topological polar surface area (TPSA) is 41.6 Å². The number of hydrogen-bond acceptors (Lipinski definition) is 3. The minimum absolute atomic E-state index is 0.201. The molecule has 25 heavy (non-hydrogen) atoms. The van der Waals surface area contributed by atoms with E-state index in [-0.39, 0.29) is 5.91 Å².